The summed E-state index contributed by atoms with van der Waals surface area (Å²) in [6.07, 6.45) is 0. The third-order valence-corrected chi connectivity index (χ3v) is 0. The summed E-state index contributed by atoms with van der Waals surface area (Å²) in [7, 11) is 0. The molecule has 0 aromatic rings. The molecule has 0 atom stereocenters. The summed E-state index contributed by atoms with van der Waals surface area (Å²) >= 11 is 0. The van der Waals surface area contributed by atoms with Gasteiger partial charge in [0.05, 0.1) is 0 Å². The normalized spacial score (nSPS) is 6.00. The number of halogens is 3. The van der Waals surface area contributed by atoms with Crippen LogP contribution in [0.1, 0.15) is 6.92 Å². The van der Waals surface area contributed by atoms with Gasteiger partial charge in [-0.05, 0) is 0 Å². The van der Waals surface area contributed by atoms with Crippen LogP contribution in [-0.2, 0) is 0 Å². The molecule has 0 aromatic heterocycles. The van der Waals surface area contributed by atoms with Gasteiger partial charge >= 0.3 is 23.1 Å². The van der Waals surface area contributed by atoms with Crippen LogP contribution in [0.25, 0.3) is 0 Å². The van der Waals surface area contributed by atoms with Crippen molar-refractivity contribution in [3.63, 3.8) is 0 Å². The van der Waals surface area contributed by atoms with Crippen LogP contribution in [0.3, 0.4) is 0 Å². The molecule has 0 aliphatic rings. The molecule has 0 saturated heterocycles. The molecular formula is C3H5F3Mg. The van der Waals surface area contributed by atoms with E-state index in [0.717, 1.165) is 0 Å². The summed E-state index contributed by atoms with van der Waals surface area (Å²) in [6.45, 7) is 1.92. The predicted molar refractivity (Wildman–Crippen MR) is 23.4 cm³/mol. The third-order valence-electron chi connectivity index (χ3n) is 0. The number of hydrogen-bond acceptors (Lipinski definition) is 0. The van der Waals surface area contributed by atoms with E-state index < -0.39 is 6.68 Å². The number of rotatable bonds is 0. The molecule has 0 aromatic carbocycles. The predicted octanol–water partition coefficient (Wildman–Crippen LogP) is 1.80. The van der Waals surface area contributed by atoms with Crippen LogP contribution in [-0.4, -0.2) is 23.1 Å². The van der Waals surface area contributed by atoms with E-state index in [-0.39, 0.29) is 23.1 Å². The minimum absolute atomic E-state index is 0. The maximum Gasteiger partial charge on any atom is 2.00 e. The monoisotopic (exact) mass is 122 g/mol. The van der Waals surface area contributed by atoms with E-state index in [1.807, 2.05) is 0 Å². The molecule has 0 spiro atoms. The van der Waals surface area contributed by atoms with E-state index in [4.69, 9.17) is 0 Å². The van der Waals surface area contributed by atoms with Crippen molar-refractivity contribution < 1.29 is 13.2 Å². The van der Waals surface area contributed by atoms with E-state index in [2.05, 4.69) is 6.92 Å². The molecular weight excluding hydrogens is 117 g/mol. The molecule has 0 aliphatic heterocycles. The zero-order valence-electron chi connectivity index (χ0n) is 4.05. The Bertz CT molecular complexity index is 14.9. The Hall–Kier alpha value is 0.556. The van der Waals surface area contributed by atoms with Crippen LogP contribution in [0, 0.1) is 13.6 Å². The van der Waals surface area contributed by atoms with Crippen molar-refractivity contribution in [2.75, 3.05) is 0 Å². The smallest absolute Gasteiger partial charge is 0.385 e. The van der Waals surface area contributed by atoms with E-state index >= 15 is 0 Å². The van der Waals surface area contributed by atoms with Gasteiger partial charge in [-0.3, -0.25) is 0 Å². The van der Waals surface area contributed by atoms with Crippen LogP contribution in [0.5, 0.6) is 0 Å². The van der Waals surface area contributed by atoms with Gasteiger partial charge in [-0.2, -0.15) is 6.92 Å². The van der Waals surface area contributed by atoms with E-state index in [1.54, 1.807) is 6.92 Å². The SMILES string of the molecule is F[C-](F)F.[CH2-]C.[Mg+2]. The van der Waals surface area contributed by atoms with Gasteiger partial charge in [-0.15, -0.1) is 0 Å². The second-order valence-corrected chi connectivity index (χ2v) is 0.214. The molecule has 0 bridgehead atoms. The molecule has 40 valence electrons. The topological polar surface area (TPSA) is 0 Å². The summed E-state index contributed by atoms with van der Waals surface area (Å²) in [6, 6.07) is 0. The molecule has 0 nitrogen and oxygen atoms in total. The molecule has 0 saturated carbocycles. The van der Waals surface area contributed by atoms with Gasteiger partial charge in [-0.25, -0.2) is 0 Å². The fourth-order valence-electron chi connectivity index (χ4n) is 0. The summed E-state index contributed by atoms with van der Waals surface area (Å²) in [5.74, 6) is 0. The largest absolute Gasteiger partial charge is 2.00 e. The summed E-state index contributed by atoms with van der Waals surface area (Å²) in [4.78, 5) is 0. The van der Waals surface area contributed by atoms with E-state index in [0.29, 0.717) is 0 Å². The molecule has 7 heavy (non-hydrogen) atoms. The molecule has 0 N–H and O–H groups in total. The van der Waals surface area contributed by atoms with Crippen LogP contribution >= 0.6 is 0 Å². The first-order valence-corrected chi connectivity index (χ1v) is 1.27. The van der Waals surface area contributed by atoms with Gasteiger partial charge in [-0.1, -0.05) is 0 Å². The first kappa shape index (κ1) is 15.6. The molecule has 4 heteroatoms. The van der Waals surface area contributed by atoms with Gasteiger partial charge in [0.1, 0.15) is 0 Å². The molecule has 0 fully saturated rings. The van der Waals surface area contributed by atoms with Crippen molar-refractivity contribution in [2.24, 2.45) is 0 Å². The fourth-order valence-corrected chi connectivity index (χ4v) is 0. The van der Waals surface area contributed by atoms with Crippen LogP contribution < -0.4 is 0 Å². The van der Waals surface area contributed by atoms with Crippen molar-refractivity contribution in [1.82, 2.24) is 0 Å². The summed E-state index contributed by atoms with van der Waals surface area (Å²) < 4.78 is 28.8. The van der Waals surface area contributed by atoms with Gasteiger partial charge < -0.3 is 20.1 Å². The van der Waals surface area contributed by atoms with Crippen molar-refractivity contribution in [2.45, 2.75) is 6.92 Å². The van der Waals surface area contributed by atoms with Crippen LogP contribution in [0.4, 0.5) is 13.2 Å². The molecule has 0 aliphatic carbocycles. The van der Waals surface area contributed by atoms with Crippen molar-refractivity contribution in [1.29, 1.82) is 0 Å². The fraction of sp³-hybridized carbons (Fsp3) is 0.333. The first-order chi connectivity index (χ1) is 2.73. The van der Waals surface area contributed by atoms with Crippen molar-refractivity contribution in [3.05, 3.63) is 13.6 Å². The van der Waals surface area contributed by atoms with Gasteiger partial charge in [0.2, 0.25) is 0 Å². The van der Waals surface area contributed by atoms with Gasteiger partial charge in [0.15, 0.2) is 6.68 Å². The minimum Gasteiger partial charge on any atom is -0.385 e. The zero-order valence-corrected chi connectivity index (χ0v) is 5.46. The Balaban J connectivity index is -0.0000000480. The van der Waals surface area contributed by atoms with Gasteiger partial charge in [0.25, 0.3) is 0 Å². The molecule has 0 heterocycles. The quantitative estimate of drug-likeness (QED) is 0.339. The summed E-state index contributed by atoms with van der Waals surface area (Å²) in [5, 5.41) is 0. The molecule has 0 amide bonds. The van der Waals surface area contributed by atoms with Crippen molar-refractivity contribution >= 4 is 23.1 Å². The van der Waals surface area contributed by atoms with Crippen molar-refractivity contribution in [3.8, 4) is 0 Å². The Labute approximate surface area is 57.2 Å². The minimum atomic E-state index is -3.08. The summed E-state index contributed by atoms with van der Waals surface area (Å²) in [5.41, 5.74) is 0. The Morgan fingerprint density at radius 1 is 1.14 bits per heavy atom. The average Bonchev–Trinajstić information content (AvgIpc) is 1.41. The molecule has 0 radical (unpaired) electrons. The Kier molecular flexibility index (Phi) is 35.8. The number of hydrogen-bond donors (Lipinski definition) is 0. The second-order valence-electron chi connectivity index (χ2n) is 0.214. The molecule has 0 rings (SSSR count). The first-order valence-electron chi connectivity index (χ1n) is 1.27. The molecule has 0 unspecified atom stereocenters. The standard InChI is InChI=1S/C2H5.CF3.Mg/c1-2;2-1(3)4;/h1H2,2H3;;/q2*-1;+2. The second kappa shape index (κ2) is 16.0. The van der Waals surface area contributed by atoms with Gasteiger partial charge in [0, 0.05) is 0 Å². The third kappa shape index (κ3) is 440. The maximum absolute atomic E-state index is 9.58. The Morgan fingerprint density at radius 3 is 1.14 bits per heavy atom. The van der Waals surface area contributed by atoms with E-state index in [1.165, 1.54) is 0 Å². The maximum atomic E-state index is 9.58. The zero-order chi connectivity index (χ0) is 5.58. The Morgan fingerprint density at radius 2 is 1.14 bits per heavy atom. The van der Waals surface area contributed by atoms with Crippen LogP contribution in [0.15, 0.2) is 0 Å². The van der Waals surface area contributed by atoms with E-state index in [9.17, 15) is 13.2 Å². The average molecular weight is 122 g/mol. The van der Waals surface area contributed by atoms with Crippen LogP contribution in [0.2, 0.25) is 0 Å².